The Hall–Kier alpha value is -7.48. The van der Waals surface area contributed by atoms with Crippen LogP contribution in [-0.2, 0) is 40.9 Å². The fraction of sp³-hybridized carbons (Fsp3) is 0.393. The van der Waals surface area contributed by atoms with Gasteiger partial charge >= 0.3 is 12.4 Å². The number of rotatable bonds is 21. The van der Waals surface area contributed by atoms with Gasteiger partial charge in [-0.2, -0.15) is 36.5 Å². The van der Waals surface area contributed by atoms with Crippen molar-refractivity contribution in [1.82, 2.24) is 70.2 Å². The summed E-state index contributed by atoms with van der Waals surface area (Å²) in [6.07, 6.45) is -21.0. The van der Waals surface area contributed by atoms with E-state index in [0.29, 0.717) is 12.1 Å². The van der Waals surface area contributed by atoms with E-state index in [-0.39, 0.29) is 70.1 Å². The van der Waals surface area contributed by atoms with E-state index >= 15 is 0 Å². The molecular weight excluding hydrogens is 1360 g/mol. The lowest BCUT2D eigenvalue weighted by Crippen LogP contribution is -2.54. The Morgan fingerprint density at radius 2 is 0.947 bits per heavy atom. The number of hydrogen-bond donors (Lipinski definition) is 6. The van der Waals surface area contributed by atoms with Gasteiger partial charge in [-0.25, -0.2) is 46.3 Å². The lowest BCUT2D eigenvalue weighted by atomic mass is 9.91. The number of benzene rings is 4. The third-order valence-corrected chi connectivity index (χ3v) is 16.2. The lowest BCUT2D eigenvalue weighted by molar-refractivity contribution is -0.223. The maximum absolute atomic E-state index is 14.6. The second-order valence-corrected chi connectivity index (χ2v) is 23.0. The van der Waals surface area contributed by atoms with Crippen molar-refractivity contribution in [2.24, 2.45) is 0 Å². The zero-order valence-electron chi connectivity index (χ0n) is 48.3. The average Bonchev–Trinajstić information content (AvgIpc) is 1.45. The monoisotopic (exact) mass is 1410 g/mol. The highest BCUT2D eigenvalue weighted by Crippen LogP contribution is 2.45. The molecule has 0 saturated carbocycles. The maximum atomic E-state index is 14.6. The molecule has 6 heterocycles. The van der Waals surface area contributed by atoms with Crippen LogP contribution in [0.3, 0.4) is 0 Å². The number of aromatic nitrogens is 12. The number of halogens is 14. The molecule has 0 spiro atoms. The standard InChI is InChI=1S/C56H50Cl4F10N14O10/c1-23-73-53(83(77-23)37-15-27(57)5-7-29(37)55(65,66)67)51-49(45(47(89)39(19-85)93-51)81-17-35(75-79-81)25-11-31(61)43(59)32(62)12-25)91-21-41(87)71-9-3-4-10-72-42(88)22-92-50-46(82-18-36(76-80-82)26-13-33(63)44(60)34(64)14-26)48(90)40(20-86)94-52(50)54-74-24(2)78-84(54)38-16-28(58)6-8-30(38)56(68,69)70/h5-8,11-18,39-40,45-52,85-86,89-90H,3-4,9-10,19-22H2,1-2H3,(H,71,87)(H,72,88). The Bertz CT molecular complexity index is 3790. The van der Waals surface area contributed by atoms with E-state index in [1.54, 1.807) is 0 Å². The van der Waals surface area contributed by atoms with Crippen LogP contribution in [0, 0.1) is 37.1 Å². The summed E-state index contributed by atoms with van der Waals surface area (Å²) in [6, 6.07) is 5.55. The van der Waals surface area contributed by atoms with E-state index in [0.717, 1.165) is 79.7 Å². The number of amides is 2. The molecule has 0 bridgehead atoms. The zero-order chi connectivity index (χ0) is 67.8. The van der Waals surface area contributed by atoms with Crippen molar-refractivity contribution in [3.8, 4) is 33.9 Å². The third kappa shape index (κ3) is 14.8. The maximum Gasteiger partial charge on any atom is 0.418 e. The summed E-state index contributed by atoms with van der Waals surface area (Å²) in [5.41, 5.74) is -4.38. The van der Waals surface area contributed by atoms with Crippen molar-refractivity contribution < 1.29 is 92.9 Å². The Balaban J connectivity index is 0.849. The number of carbonyl (C=O) groups is 2. The molecule has 2 saturated heterocycles. The lowest BCUT2D eigenvalue weighted by Gasteiger charge is -2.43. The van der Waals surface area contributed by atoms with Crippen molar-refractivity contribution in [2.45, 2.75) is 100.0 Å². The Kier molecular flexibility index (Phi) is 21.0. The summed E-state index contributed by atoms with van der Waals surface area (Å²) in [7, 11) is 0. The highest BCUT2D eigenvalue weighted by molar-refractivity contribution is 6.31. The molecule has 0 aliphatic carbocycles. The SMILES string of the molecule is Cc1nc(C2OC(CO)C(O)C(n3cc(-c4cc(F)c(Cl)c(F)c4)nn3)C2OCC(=O)NCCCCNC(=O)COC2C(c3nc(C)nn3-c3cc(Cl)ccc3C(F)(F)F)OC(CO)C(O)C2n2cc(-c3cc(F)c(Cl)c(F)c3)nn2)n(-c2cc(Cl)ccc2C(F)(F)F)n1. The molecule has 2 aliphatic rings. The first kappa shape index (κ1) is 69.4. The number of ether oxygens (including phenoxy) is 4. The van der Waals surface area contributed by atoms with Crippen LogP contribution >= 0.6 is 46.4 Å². The number of nitrogens with zero attached hydrogens (tertiary/aromatic N) is 12. The van der Waals surface area contributed by atoms with E-state index < -0.39 is 179 Å². The third-order valence-electron chi connectivity index (χ3n) is 15.0. The van der Waals surface area contributed by atoms with E-state index in [1.165, 1.54) is 13.8 Å². The van der Waals surface area contributed by atoms with Crippen LogP contribution in [0.4, 0.5) is 43.9 Å². The van der Waals surface area contributed by atoms with Crippen LogP contribution in [0.1, 0.15) is 71.6 Å². The van der Waals surface area contributed by atoms with Crippen LogP contribution in [0.15, 0.2) is 73.1 Å². The molecule has 10 atom stereocenters. The van der Waals surface area contributed by atoms with Crippen LogP contribution in [0.2, 0.25) is 20.1 Å². The molecule has 0 radical (unpaired) electrons. The predicted octanol–water partition coefficient (Wildman–Crippen LogP) is 7.74. The van der Waals surface area contributed by atoms with Gasteiger partial charge in [-0.15, -0.1) is 10.2 Å². The smallest absolute Gasteiger partial charge is 0.394 e. The van der Waals surface area contributed by atoms with Crippen LogP contribution in [0.25, 0.3) is 33.9 Å². The Morgan fingerprint density at radius 1 is 0.585 bits per heavy atom. The first-order valence-electron chi connectivity index (χ1n) is 27.9. The topological polar surface area (TPSA) is 299 Å². The van der Waals surface area contributed by atoms with E-state index in [9.17, 15) is 73.9 Å². The van der Waals surface area contributed by atoms with Gasteiger partial charge in [0.05, 0.1) is 48.1 Å². The molecule has 38 heteroatoms. The second-order valence-electron chi connectivity index (χ2n) is 21.3. The molecule has 2 amide bonds. The summed E-state index contributed by atoms with van der Waals surface area (Å²) >= 11 is 23.8. The van der Waals surface area contributed by atoms with Gasteiger partial charge in [0.25, 0.3) is 0 Å². The molecular formula is C56H50Cl4F10N14O10. The number of unbranched alkanes of at least 4 members (excludes halogenated alkanes) is 1. The fourth-order valence-electron chi connectivity index (χ4n) is 10.7. The van der Waals surface area contributed by atoms with Crippen LogP contribution in [0.5, 0.6) is 0 Å². The van der Waals surface area contributed by atoms with E-state index in [2.05, 4.69) is 51.4 Å². The first-order chi connectivity index (χ1) is 44.5. The summed E-state index contributed by atoms with van der Waals surface area (Å²) in [5.74, 6) is -7.28. The van der Waals surface area contributed by atoms with Gasteiger partial charge in [0.1, 0.15) is 130 Å². The zero-order valence-corrected chi connectivity index (χ0v) is 51.3. The molecule has 24 nitrogen and oxygen atoms in total. The van der Waals surface area contributed by atoms with Crippen molar-refractivity contribution in [1.29, 1.82) is 0 Å². The predicted molar refractivity (Wildman–Crippen MR) is 307 cm³/mol. The molecule has 6 N–H and O–H groups in total. The second kappa shape index (κ2) is 28.5. The molecule has 10 rings (SSSR count). The minimum Gasteiger partial charge on any atom is -0.394 e. The number of hydrogen-bond acceptors (Lipinski definition) is 18. The van der Waals surface area contributed by atoms with E-state index in [4.69, 9.17) is 65.4 Å². The highest BCUT2D eigenvalue weighted by atomic mass is 35.5. The van der Waals surface area contributed by atoms with Gasteiger partial charge in [0.15, 0.2) is 11.6 Å². The minimum absolute atomic E-state index is 0.0917. The summed E-state index contributed by atoms with van der Waals surface area (Å²) in [4.78, 5) is 35.9. The fourth-order valence-corrected chi connectivity index (χ4v) is 11.2. The van der Waals surface area contributed by atoms with Gasteiger partial charge in [0.2, 0.25) is 11.8 Å². The molecule has 2 aliphatic heterocycles. The molecule has 2 fully saturated rings. The van der Waals surface area contributed by atoms with Crippen molar-refractivity contribution in [3.63, 3.8) is 0 Å². The highest BCUT2D eigenvalue weighted by Gasteiger charge is 2.53. The van der Waals surface area contributed by atoms with Gasteiger partial charge in [0, 0.05) is 34.3 Å². The Morgan fingerprint density at radius 3 is 1.29 bits per heavy atom. The number of carbonyl (C=O) groups excluding carboxylic acids is 2. The quantitative estimate of drug-likeness (QED) is 0.0228. The minimum atomic E-state index is -4.98. The number of aliphatic hydroxyl groups excluding tert-OH is 4. The van der Waals surface area contributed by atoms with Crippen molar-refractivity contribution in [3.05, 3.63) is 151 Å². The summed E-state index contributed by atoms with van der Waals surface area (Å²) in [5, 5.41) is 72.3. The van der Waals surface area contributed by atoms with Gasteiger partial charge < -0.3 is 50.0 Å². The molecule has 10 unspecified atom stereocenters. The summed E-state index contributed by atoms with van der Waals surface area (Å²) < 4.78 is 174. The van der Waals surface area contributed by atoms with Gasteiger partial charge in [-0.1, -0.05) is 56.8 Å². The van der Waals surface area contributed by atoms with E-state index in [1.807, 2.05) is 0 Å². The number of aryl methyl sites for hydroxylation is 2. The largest absolute Gasteiger partial charge is 0.418 e. The van der Waals surface area contributed by atoms with Crippen molar-refractivity contribution in [2.75, 3.05) is 39.5 Å². The Labute approximate surface area is 543 Å². The normalized spacial score (nSPS) is 21.8. The molecule has 4 aromatic heterocycles. The average molecular weight is 1410 g/mol. The summed E-state index contributed by atoms with van der Waals surface area (Å²) in [6.45, 7) is -1.08. The van der Waals surface area contributed by atoms with Crippen molar-refractivity contribution >= 4 is 58.2 Å². The molecule has 502 valence electrons. The van der Waals surface area contributed by atoms with Gasteiger partial charge in [-0.3, -0.25) is 9.59 Å². The molecule has 94 heavy (non-hydrogen) atoms. The molecule has 8 aromatic rings. The number of alkyl halides is 6. The molecule has 4 aromatic carbocycles. The van der Waals surface area contributed by atoms with Crippen LogP contribution < -0.4 is 10.6 Å². The first-order valence-corrected chi connectivity index (χ1v) is 29.5. The number of aliphatic hydroxyl groups is 4. The van der Waals surface area contributed by atoms with Gasteiger partial charge in [-0.05, 0) is 87.4 Å². The van der Waals surface area contributed by atoms with Crippen LogP contribution in [-0.4, -0.2) is 168 Å². The number of nitrogens with one attached hydrogen (secondary N) is 2.